The number of carbonyl (C=O) groups is 3. The van der Waals surface area contributed by atoms with Crippen LogP contribution in [0.1, 0.15) is 444 Å². The summed E-state index contributed by atoms with van der Waals surface area (Å²) in [5, 5.41) is 9.80. The van der Waals surface area contributed by atoms with Crippen molar-refractivity contribution in [2.45, 2.75) is 456 Å². The predicted octanol–water partition coefficient (Wildman–Crippen LogP) is 29.7. The van der Waals surface area contributed by atoms with Crippen LogP contribution < -0.4 is 0 Å². The van der Waals surface area contributed by atoms with Gasteiger partial charge in [-0.2, -0.15) is 0 Å². The minimum absolute atomic E-state index is 0.177. The number of nitrogens with zero attached hydrogens (tertiary/aromatic N) is 1. The molecule has 0 fully saturated rings. The summed E-state index contributed by atoms with van der Waals surface area (Å²) in [5.74, 6) is -1.97. The van der Waals surface area contributed by atoms with E-state index in [9.17, 15) is 19.5 Å². The summed E-state index contributed by atoms with van der Waals surface area (Å²) >= 11 is 0. The number of ether oxygens (including phenoxy) is 4. The lowest BCUT2D eigenvalue weighted by Gasteiger charge is -2.25. The smallest absolute Gasteiger partial charge is 0.361 e. The minimum Gasteiger partial charge on any atom is -0.477 e. The van der Waals surface area contributed by atoms with E-state index in [1.807, 2.05) is 21.1 Å². The molecule has 0 bridgehead atoms. The Kier molecular flexibility index (Phi) is 82.2. The molecule has 0 radical (unpaired) electrons. The largest absolute Gasteiger partial charge is 0.477 e. The Morgan fingerprint density at radius 2 is 0.548 bits per heavy atom. The normalized spacial score (nSPS) is 13.0. The number of hydrogen-bond acceptors (Lipinski definition) is 7. The first-order valence-corrected chi connectivity index (χ1v) is 45.3. The Morgan fingerprint density at radius 3 is 0.817 bits per heavy atom. The monoisotopic (exact) mass is 1460 g/mol. The lowest BCUT2D eigenvalue weighted by Crippen LogP contribution is -2.40. The molecular formula is C95H174NO8+. The molecule has 2 atom stereocenters. The van der Waals surface area contributed by atoms with Crippen LogP contribution in [-0.2, 0) is 33.3 Å². The first-order chi connectivity index (χ1) is 51.1. The van der Waals surface area contributed by atoms with Crippen LogP contribution in [-0.4, -0.2) is 87.4 Å². The van der Waals surface area contributed by atoms with Crippen molar-refractivity contribution in [1.29, 1.82) is 0 Å². The van der Waals surface area contributed by atoms with Crippen LogP contribution in [0.25, 0.3) is 0 Å². The number of hydrogen-bond donors (Lipinski definition) is 1. The molecule has 0 rings (SSSR count). The van der Waals surface area contributed by atoms with Gasteiger partial charge in [0.05, 0.1) is 34.4 Å². The SMILES string of the molecule is CC/C=C\C/C=C\C/C=C\C/C=C\C/C=C\C/C=C\C/C=C\CCCCCCCCCCCCCCCCCCCCCC(=O)OC(COC(=O)CCCCCCCCCCCCCCCCCCCCCCCCCCCCCCCCCCCCCCCC)COC(OCC[N+](C)(C)C)C(=O)O. The second-order valence-electron chi connectivity index (χ2n) is 31.9. The predicted molar refractivity (Wildman–Crippen MR) is 452 cm³/mol. The van der Waals surface area contributed by atoms with Gasteiger partial charge in [0.15, 0.2) is 6.10 Å². The topological polar surface area (TPSA) is 108 Å². The van der Waals surface area contributed by atoms with Gasteiger partial charge in [-0.25, -0.2) is 4.79 Å². The Bertz CT molecular complexity index is 2000. The van der Waals surface area contributed by atoms with Crippen molar-refractivity contribution in [3.63, 3.8) is 0 Å². The van der Waals surface area contributed by atoms with Gasteiger partial charge in [-0.05, 0) is 70.6 Å². The number of carboxylic acids is 1. The highest BCUT2D eigenvalue weighted by Gasteiger charge is 2.25. The lowest BCUT2D eigenvalue weighted by molar-refractivity contribution is -0.870. The highest BCUT2D eigenvalue weighted by atomic mass is 16.7. The number of rotatable bonds is 85. The number of aliphatic carboxylic acids is 1. The molecule has 9 nitrogen and oxygen atoms in total. The highest BCUT2D eigenvalue weighted by Crippen LogP contribution is 2.21. The fourth-order valence-corrected chi connectivity index (χ4v) is 13.6. The number of quaternary nitrogens is 1. The lowest BCUT2D eigenvalue weighted by atomic mass is 10.0. The van der Waals surface area contributed by atoms with Gasteiger partial charge in [0, 0.05) is 12.8 Å². The fraction of sp³-hybridized carbons (Fsp3) is 0.821. The first kappa shape index (κ1) is 100. The Labute approximate surface area is 646 Å². The van der Waals surface area contributed by atoms with Crippen molar-refractivity contribution >= 4 is 17.9 Å². The molecule has 606 valence electrons. The second-order valence-corrected chi connectivity index (χ2v) is 31.9. The van der Waals surface area contributed by atoms with Crippen molar-refractivity contribution in [2.24, 2.45) is 0 Å². The van der Waals surface area contributed by atoms with Crippen molar-refractivity contribution in [3.8, 4) is 0 Å². The quantitative estimate of drug-likeness (QED) is 0.0211. The molecule has 0 saturated carbocycles. The number of esters is 2. The van der Waals surface area contributed by atoms with E-state index >= 15 is 0 Å². The molecule has 0 aliphatic rings. The van der Waals surface area contributed by atoms with E-state index in [0.717, 1.165) is 83.5 Å². The van der Waals surface area contributed by atoms with Gasteiger partial charge >= 0.3 is 17.9 Å². The third-order valence-corrected chi connectivity index (χ3v) is 20.4. The molecule has 0 spiro atoms. The third-order valence-electron chi connectivity index (χ3n) is 20.4. The number of unbranched alkanes of at least 4 members (excludes halogenated alkanes) is 56. The molecule has 2 unspecified atom stereocenters. The maximum Gasteiger partial charge on any atom is 0.361 e. The van der Waals surface area contributed by atoms with E-state index in [1.54, 1.807) is 0 Å². The van der Waals surface area contributed by atoms with Crippen LogP contribution in [0, 0.1) is 0 Å². The van der Waals surface area contributed by atoms with E-state index in [2.05, 4.69) is 98.9 Å². The van der Waals surface area contributed by atoms with Gasteiger partial charge in [0.25, 0.3) is 6.29 Å². The molecule has 0 heterocycles. The van der Waals surface area contributed by atoms with Crippen LogP contribution in [0.2, 0.25) is 0 Å². The molecule has 0 saturated heterocycles. The molecule has 9 heteroatoms. The van der Waals surface area contributed by atoms with Crippen LogP contribution in [0.5, 0.6) is 0 Å². The zero-order valence-corrected chi connectivity index (χ0v) is 69.7. The van der Waals surface area contributed by atoms with Gasteiger partial charge in [-0.15, -0.1) is 0 Å². The van der Waals surface area contributed by atoms with Crippen molar-refractivity contribution in [1.82, 2.24) is 0 Å². The number of carboxylic acid groups (broad SMARTS) is 1. The van der Waals surface area contributed by atoms with Gasteiger partial charge < -0.3 is 28.5 Å². The molecule has 0 aromatic carbocycles. The summed E-state index contributed by atoms with van der Waals surface area (Å²) in [5.41, 5.74) is 0. The molecule has 0 aliphatic carbocycles. The van der Waals surface area contributed by atoms with E-state index in [0.29, 0.717) is 17.4 Å². The summed E-state index contributed by atoms with van der Waals surface area (Å²) in [6.07, 6.45) is 115. The van der Waals surface area contributed by atoms with Crippen molar-refractivity contribution in [3.05, 3.63) is 85.1 Å². The van der Waals surface area contributed by atoms with Crippen LogP contribution >= 0.6 is 0 Å². The highest BCUT2D eigenvalue weighted by molar-refractivity contribution is 5.71. The van der Waals surface area contributed by atoms with E-state index in [4.69, 9.17) is 18.9 Å². The Morgan fingerprint density at radius 1 is 0.298 bits per heavy atom. The third kappa shape index (κ3) is 85.7. The summed E-state index contributed by atoms with van der Waals surface area (Å²) in [7, 11) is 6.00. The van der Waals surface area contributed by atoms with Crippen LogP contribution in [0.4, 0.5) is 0 Å². The molecular weight excluding hydrogens is 1280 g/mol. The first-order valence-electron chi connectivity index (χ1n) is 45.3. The molecule has 0 aromatic rings. The molecule has 1 N–H and O–H groups in total. The summed E-state index contributed by atoms with van der Waals surface area (Å²) in [6, 6.07) is 0. The van der Waals surface area contributed by atoms with Crippen molar-refractivity contribution < 1.29 is 42.9 Å². The van der Waals surface area contributed by atoms with E-state index in [-0.39, 0.29) is 38.2 Å². The van der Waals surface area contributed by atoms with Gasteiger partial charge in [0.2, 0.25) is 0 Å². The number of likely N-dealkylation sites (N-methyl/N-ethyl adjacent to an activating group) is 1. The molecule has 0 aliphatic heterocycles. The Hall–Kier alpha value is -3.53. The summed E-state index contributed by atoms with van der Waals surface area (Å²) in [4.78, 5) is 37.8. The average molecular weight is 1460 g/mol. The van der Waals surface area contributed by atoms with Gasteiger partial charge in [-0.1, -0.05) is 446 Å². The Balaban J connectivity index is 3.92. The molecule has 0 amide bonds. The summed E-state index contributed by atoms with van der Waals surface area (Å²) in [6.45, 7) is 4.84. The maximum atomic E-state index is 13.0. The number of allylic oxidation sites excluding steroid dienone is 14. The zero-order valence-electron chi connectivity index (χ0n) is 69.7. The number of carbonyl (C=O) groups excluding carboxylic acids is 2. The fourth-order valence-electron chi connectivity index (χ4n) is 13.6. The van der Waals surface area contributed by atoms with Crippen molar-refractivity contribution in [2.75, 3.05) is 47.5 Å². The minimum atomic E-state index is -1.51. The second kappa shape index (κ2) is 85.1. The van der Waals surface area contributed by atoms with Crippen LogP contribution in [0.15, 0.2) is 85.1 Å². The van der Waals surface area contributed by atoms with Gasteiger partial charge in [0.1, 0.15) is 13.2 Å². The molecule has 0 aromatic heterocycles. The standard InChI is InChI=1S/C95H173NO8/c1-6-8-10-12-14-16-18-20-22-24-26-28-30-32-34-36-38-40-42-44-46-47-48-50-52-54-56-58-60-62-64-66-68-70-72-74-76-78-80-82-84-86-93(98)104-91(90-103-95(94(99)100)101-88-87-96(3,4)5)89-102-92(97)85-83-81-79-77-75-73-71-69-67-65-63-61-59-57-55-53-51-49-45-43-41-39-37-35-33-31-29-27-25-23-21-19-17-15-13-11-9-7-2/h8,10,14,16,20,22,26,28,32,34,38,40,44,46,91,95H,6-7,9,11-13,15,17-19,21,23-25,27,29-31,33,35-37,39,41-43,45,47-90H2,1-5H3/p+1/b10-8-,16-14-,22-20-,28-26-,34-32-,40-38-,46-44-. The van der Waals surface area contributed by atoms with Crippen LogP contribution in [0.3, 0.4) is 0 Å². The van der Waals surface area contributed by atoms with E-state index < -0.39 is 18.4 Å². The average Bonchev–Trinajstić information content (AvgIpc) is 0.971. The summed E-state index contributed by atoms with van der Waals surface area (Å²) < 4.78 is 23.1. The van der Waals surface area contributed by atoms with Gasteiger partial charge in [-0.3, -0.25) is 9.59 Å². The van der Waals surface area contributed by atoms with E-state index in [1.165, 1.54) is 334 Å². The molecule has 104 heavy (non-hydrogen) atoms. The zero-order chi connectivity index (χ0) is 75.3. The maximum absolute atomic E-state index is 13.0.